The predicted octanol–water partition coefficient (Wildman–Crippen LogP) is 0.755. The van der Waals surface area contributed by atoms with Gasteiger partial charge < -0.3 is 10.8 Å². The molecule has 0 saturated carbocycles. The van der Waals surface area contributed by atoms with Crippen LogP contribution in [0.3, 0.4) is 0 Å². The molecule has 10 heavy (non-hydrogen) atoms. The minimum Gasteiger partial charge on any atom is -0.480 e. The molecule has 3 nitrogen and oxygen atoms in total. The lowest BCUT2D eigenvalue weighted by atomic mass is 10.1. The maximum absolute atomic E-state index is 10.1. The minimum atomic E-state index is -0.927. The van der Waals surface area contributed by atoms with Crippen molar-refractivity contribution in [2.75, 3.05) is 0 Å². The molecule has 1 atom stereocenters. The second-order valence-corrected chi connectivity index (χ2v) is 2.16. The third-order valence-corrected chi connectivity index (χ3v) is 1.24. The molecule has 0 bridgehead atoms. The van der Waals surface area contributed by atoms with Crippen LogP contribution in [0.15, 0.2) is 12.7 Å². The van der Waals surface area contributed by atoms with Crippen LogP contribution in [0.5, 0.6) is 0 Å². The quantitative estimate of drug-likeness (QED) is 0.441. The van der Waals surface area contributed by atoms with Crippen molar-refractivity contribution in [3.05, 3.63) is 12.7 Å². The summed E-state index contributed by atoms with van der Waals surface area (Å²) in [6.07, 6.45) is 3.92. The Morgan fingerprint density at radius 2 is 2.40 bits per heavy atom. The van der Waals surface area contributed by atoms with Gasteiger partial charge in [0.2, 0.25) is 0 Å². The fourth-order valence-corrected chi connectivity index (χ4v) is 0.606. The topological polar surface area (TPSA) is 63.3 Å². The molecule has 0 aliphatic carbocycles. The first kappa shape index (κ1) is 9.17. The maximum Gasteiger partial charge on any atom is 0.320 e. The van der Waals surface area contributed by atoms with Crippen LogP contribution in [0.1, 0.15) is 19.3 Å². The summed E-state index contributed by atoms with van der Waals surface area (Å²) < 4.78 is 0. The molecule has 0 aromatic carbocycles. The lowest BCUT2D eigenvalue weighted by Gasteiger charge is -2.02. The third-order valence-electron chi connectivity index (χ3n) is 1.24. The fourth-order valence-electron chi connectivity index (χ4n) is 0.606. The highest BCUT2D eigenvalue weighted by Crippen LogP contribution is 1.98. The molecular weight excluding hydrogens is 130 g/mol. The van der Waals surface area contributed by atoms with Crippen LogP contribution in [-0.2, 0) is 4.79 Å². The average molecular weight is 143 g/mol. The number of unbranched alkanes of at least 4 members (excludes halogenated alkanes) is 1. The number of rotatable bonds is 5. The average Bonchev–Trinajstić information content (AvgIpc) is 1.88. The van der Waals surface area contributed by atoms with E-state index in [1.807, 2.05) is 0 Å². The van der Waals surface area contributed by atoms with Crippen LogP contribution in [0.25, 0.3) is 0 Å². The van der Waals surface area contributed by atoms with E-state index in [9.17, 15) is 4.79 Å². The zero-order valence-corrected chi connectivity index (χ0v) is 5.92. The van der Waals surface area contributed by atoms with E-state index in [0.29, 0.717) is 6.42 Å². The number of carboxylic acids is 1. The van der Waals surface area contributed by atoms with Crippen LogP contribution in [-0.4, -0.2) is 17.1 Å². The molecule has 58 valence electrons. The van der Waals surface area contributed by atoms with Gasteiger partial charge in [-0.1, -0.05) is 6.08 Å². The number of allylic oxidation sites excluding steroid dienone is 1. The highest BCUT2D eigenvalue weighted by molar-refractivity contribution is 5.72. The van der Waals surface area contributed by atoms with Crippen molar-refractivity contribution >= 4 is 5.97 Å². The fraction of sp³-hybridized carbons (Fsp3) is 0.571. The van der Waals surface area contributed by atoms with Gasteiger partial charge in [0.05, 0.1) is 0 Å². The summed E-state index contributed by atoms with van der Waals surface area (Å²) >= 11 is 0. The summed E-state index contributed by atoms with van der Waals surface area (Å²) in [7, 11) is 0. The highest BCUT2D eigenvalue weighted by atomic mass is 16.4. The lowest BCUT2D eigenvalue weighted by Crippen LogP contribution is -2.29. The van der Waals surface area contributed by atoms with Crippen molar-refractivity contribution in [1.29, 1.82) is 0 Å². The van der Waals surface area contributed by atoms with E-state index >= 15 is 0 Å². The summed E-state index contributed by atoms with van der Waals surface area (Å²) in [5.74, 6) is -0.927. The van der Waals surface area contributed by atoms with E-state index in [4.69, 9.17) is 10.8 Å². The Kier molecular flexibility index (Phi) is 4.58. The first-order valence-electron chi connectivity index (χ1n) is 3.27. The summed E-state index contributed by atoms with van der Waals surface area (Å²) in [6, 6.07) is -0.708. The number of nitrogens with two attached hydrogens (primary N) is 1. The van der Waals surface area contributed by atoms with E-state index in [-0.39, 0.29) is 0 Å². The van der Waals surface area contributed by atoms with Gasteiger partial charge in [0.25, 0.3) is 0 Å². The Hall–Kier alpha value is -0.830. The summed E-state index contributed by atoms with van der Waals surface area (Å²) in [4.78, 5) is 10.1. The SMILES string of the molecule is C=CCCC[C@@H](N)C(=O)O. The lowest BCUT2D eigenvalue weighted by molar-refractivity contribution is -0.138. The molecule has 0 spiro atoms. The first-order valence-corrected chi connectivity index (χ1v) is 3.27. The molecular formula is C7H13NO2. The van der Waals surface area contributed by atoms with Gasteiger partial charge in [0.1, 0.15) is 6.04 Å². The standard InChI is InChI=1S/C7H13NO2/c1-2-3-4-5-6(8)7(9)10/h2,6H,1,3-5,8H2,(H,9,10)/t6-/m1/s1. The maximum atomic E-state index is 10.1. The van der Waals surface area contributed by atoms with Crippen molar-refractivity contribution in [3.8, 4) is 0 Å². The van der Waals surface area contributed by atoms with Crippen molar-refractivity contribution in [2.24, 2.45) is 5.73 Å². The zero-order valence-electron chi connectivity index (χ0n) is 5.92. The Labute approximate surface area is 60.5 Å². The van der Waals surface area contributed by atoms with Crippen LogP contribution < -0.4 is 5.73 Å². The molecule has 0 rings (SSSR count). The van der Waals surface area contributed by atoms with Gasteiger partial charge in [-0.25, -0.2) is 0 Å². The molecule has 0 fully saturated rings. The number of hydrogen-bond donors (Lipinski definition) is 2. The normalized spacial score (nSPS) is 12.5. The minimum absolute atomic E-state index is 0.529. The van der Waals surface area contributed by atoms with E-state index in [1.54, 1.807) is 6.08 Å². The largest absolute Gasteiger partial charge is 0.480 e. The van der Waals surface area contributed by atoms with Crippen molar-refractivity contribution in [3.63, 3.8) is 0 Å². The molecule has 0 radical (unpaired) electrons. The zero-order chi connectivity index (χ0) is 7.98. The van der Waals surface area contributed by atoms with Gasteiger partial charge in [0.15, 0.2) is 0 Å². The van der Waals surface area contributed by atoms with E-state index in [1.165, 1.54) is 0 Å². The Balaban J connectivity index is 3.30. The number of carboxylic acid groups (broad SMARTS) is 1. The van der Waals surface area contributed by atoms with Crippen molar-refractivity contribution in [1.82, 2.24) is 0 Å². The van der Waals surface area contributed by atoms with Crippen molar-refractivity contribution in [2.45, 2.75) is 25.3 Å². The molecule has 0 aromatic heterocycles. The summed E-state index contributed by atoms with van der Waals surface area (Å²) in [6.45, 7) is 3.51. The van der Waals surface area contributed by atoms with Gasteiger partial charge in [-0.05, 0) is 19.3 Å². The number of hydrogen-bond acceptors (Lipinski definition) is 2. The molecule has 0 aliphatic heterocycles. The van der Waals surface area contributed by atoms with Crippen LogP contribution in [0.4, 0.5) is 0 Å². The monoisotopic (exact) mass is 143 g/mol. The van der Waals surface area contributed by atoms with Crippen LogP contribution >= 0.6 is 0 Å². The van der Waals surface area contributed by atoms with E-state index in [2.05, 4.69) is 6.58 Å². The number of carbonyl (C=O) groups is 1. The van der Waals surface area contributed by atoms with Gasteiger partial charge in [-0.3, -0.25) is 4.79 Å². The molecule has 3 N–H and O–H groups in total. The van der Waals surface area contributed by atoms with Gasteiger partial charge >= 0.3 is 5.97 Å². The van der Waals surface area contributed by atoms with Gasteiger partial charge in [-0.2, -0.15) is 0 Å². The van der Waals surface area contributed by atoms with Gasteiger partial charge in [-0.15, -0.1) is 6.58 Å². The van der Waals surface area contributed by atoms with Crippen LogP contribution in [0.2, 0.25) is 0 Å². The highest BCUT2D eigenvalue weighted by Gasteiger charge is 2.08. The number of aliphatic carboxylic acids is 1. The molecule has 3 heteroatoms. The Bertz CT molecular complexity index is 123. The molecule has 0 aliphatic rings. The summed E-state index contributed by atoms with van der Waals surface area (Å²) in [5.41, 5.74) is 5.22. The van der Waals surface area contributed by atoms with E-state index in [0.717, 1.165) is 12.8 Å². The Morgan fingerprint density at radius 1 is 1.80 bits per heavy atom. The molecule has 0 amide bonds. The summed E-state index contributed by atoms with van der Waals surface area (Å²) in [5, 5.41) is 8.33. The van der Waals surface area contributed by atoms with Gasteiger partial charge in [0, 0.05) is 0 Å². The first-order chi connectivity index (χ1) is 4.68. The molecule has 0 aromatic rings. The predicted molar refractivity (Wildman–Crippen MR) is 39.7 cm³/mol. The van der Waals surface area contributed by atoms with Crippen LogP contribution in [0, 0.1) is 0 Å². The smallest absolute Gasteiger partial charge is 0.320 e. The van der Waals surface area contributed by atoms with Crippen molar-refractivity contribution < 1.29 is 9.90 Å². The molecule has 0 saturated heterocycles. The molecule has 0 unspecified atom stereocenters. The second-order valence-electron chi connectivity index (χ2n) is 2.16. The Morgan fingerprint density at radius 3 is 2.80 bits per heavy atom. The second kappa shape index (κ2) is 4.99. The van der Waals surface area contributed by atoms with E-state index < -0.39 is 12.0 Å². The molecule has 0 heterocycles. The third kappa shape index (κ3) is 4.09.